The molecule has 0 amide bonds. The predicted octanol–water partition coefficient (Wildman–Crippen LogP) is 2.38. The molecule has 114 valence electrons. The predicted molar refractivity (Wildman–Crippen MR) is 81.0 cm³/mol. The first kappa shape index (κ1) is 15.8. The molecule has 2 aromatic rings. The van der Waals surface area contributed by atoms with Gasteiger partial charge in [-0.3, -0.25) is 4.57 Å². The summed E-state index contributed by atoms with van der Waals surface area (Å²) in [6, 6.07) is 4.96. The van der Waals surface area contributed by atoms with Crippen molar-refractivity contribution < 1.29 is 4.39 Å². The van der Waals surface area contributed by atoms with Crippen LogP contribution in [-0.4, -0.2) is 21.3 Å². The van der Waals surface area contributed by atoms with Gasteiger partial charge in [-0.25, -0.2) is 14.3 Å². The van der Waals surface area contributed by atoms with Crippen LogP contribution in [0.5, 0.6) is 0 Å². The maximum absolute atomic E-state index is 14.0. The molecular formula is C14H19FN4OS. The van der Waals surface area contributed by atoms with Crippen molar-refractivity contribution in [2.45, 2.75) is 43.4 Å². The molecule has 0 radical (unpaired) electrons. The Kier molecular flexibility index (Phi) is 5.58. The summed E-state index contributed by atoms with van der Waals surface area (Å²) in [6.45, 7) is 5.75. The number of rotatable bonds is 7. The van der Waals surface area contributed by atoms with Gasteiger partial charge in [0.1, 0.15) is 5.82 Å². The smallest absolute Gasteiger partial charge is 0.313 e. The third kappa shape index (κ3) is 3.74. The number of hydrogen-bond acceptors (Lipinski definition) is 4. The number of benzene rings is 1. The number of halogens is 1. The zero-order valence-electron chi connectivity index (χ0n) is 12.1. The van der Waals surface area contributed by atoms with Gasteiger partial charge in [-0.05, 0) is 43.8 Å². The van der Waals surface area contributed by atoms with Crippen molar-refractivity contribution >= 4 is 11.8 Å². The van der Waals surface area contributed by atoms with Gasteiger partial charge in [-0.15, -0.1) is 5.10 Å². The highest BCUT2D eigenvalue weighted by Crippen LogP contribution is 2.29. The molecule has 0 saturated carbocycles. The SMILES string of the molecule is CCCNCc1c(F)cccc1Sc1n[nH]c(=O)n1CC. The molecular weight excluding hydrogens is 291 g/mol. The third-order valence-corrected chi connectivity index (χ3v) is 4.14. The van der Waals surface area contributed by atoms with E-state index in [1.165, 1.54) is 22.4 Å². The molecule has 7 heteroatoms. The van der Waals surface area contributed by atoms with Gasteiger partial charge in [0, 0.05) is 23.5 Å². The molecule has 0 aliphatic rings. The van der Waals surface area contributed by atoms with Crippen molar-refractivity contribution in [1.82, 2.24) is 20.1 Å². The first-order chi connectivity index (χ1) is 10.2. The highest BCUT2D eigenvalue weighted by molar-refractivity contribution is 7.99. The van der Waals surface area contributed by atoms with E-state index in [2.05, 4.69) is 22.4 Å². The first-order valence-electron chi connectivity index (χ1n) is 6.98. The van der Waals surface area contributed by atoms with Gasteiger partial charge in [-0.1, -0.05) is 13.0 Å². The summed E-state index contributed by atoms with van der Waals surface area (Å²) < 4.78 is 15.5. The lowest BCUT2D eigenvalue weighted by atomic mass is 10.2. The molecule has 0 bridgehead atoms. The summed E-state index contributed by atoms with van der Waals surface area (Å²) in [4.78, 5) is 12.3. The van der Waals surface area contributed by atoms with Gasteiger partial charge in [-0.2, -0.15) is 0 Å². The van der Waals surface area contributed by atoms with E-state index in [4.69, 9.17) is 0 Å². The molecule has 2 N–H and O–H groups in total. The van der Waals surface area contributed by atoms with Crippen LogP contribution in [0.2, 0.25) is 0 Å². The fraction of sp³-hybridized carbons (Fsp3) is 0.429. The van der Waals surface area contributed by atoms with E-state index >= 15 is 0 Å². The van der Waals surface area contributed by atoms with E-state index in [0.29, 0.717) is 23.8 Å². The maximum Gasteiger partial charge on any atom is 0.343 e. The van der Waals surface area contributed by atoms with Crippen LogP contribution >= 0.6 is 11.8 Å². The van der Waals surface area contributed by atoms with Crippen molar-refractivity contribution in [3.05, 3.63) is 40.1 Å². The molecule has 0 fully saturated rings. The lowest BCUT2D eigenvalue weighted by Crippen LogP contribution is -2.17. The Morgan fingerprint density at radius 2 is 2.24 bits per heavy atom. The normalized spacial score (nSPS) is 11.0. The molecule has 0 aliphatic heterocycles. The van der Waals surface area contributed by atoms with Crippen LogP contribution in [0.1, 0.15) is 25.8 Å². The van der Waals surface area contributed by atoms with E-state index in [9.17, 15) is 9.18 Å². The van der Waals surface area contributed by atoms with Crippen molar-refractivity contribution in [2.75, 3.05) is 6.54 Å². The molecule has 21 heavy (non-hydrogen) atoms. The first-order valence-corrected chi connectivity index (χ1v) is 7.80. The average molecular weight is 310 g/mol. The lowest BCUT2D eigenvalue weighted by Gasteiger charge is -2.11. The molecule has 0 spiro atoms. The van der Waals surface area contributed by atoms with Crippen LogP contribution < -0.4 is 11.0 Å². The lowest BCUT2D eigenvalue weighted by molar-refractivity contribution is 0.578. The summed E-state index contributed by atoms with van der Waals surface area (Å²) in [5.74, 6) is -0.246. The average Bonchev–Trinajstić information content (AvgIpc) is 2.82. The Labute approximate surface area is 127 Å². The second-order valence-electron chi connectivity index (χ2n) is 4.55. The van der Waals surface area contributed by atoms with E-state index in [1.807, 2.05) is 13.0 Å². The standard InChI is InChI=1S/C14H19FN4OS/c1-3-8-16-9-10-11(15)6-5-7-12(10)21-14-18-17-13(20)19(14)4-2/h5-7,16H,3-4,8-9H2,1-2H3,(H,17,20). The molecule has 1 aromatic carbocycles. The zero-order chi connectivity index (χ0) is 15.2. The fourth-order valence-corrected chi connectivity index (χ4v) is 3.00. The largest absolute Gasteiger partial charge is 0.343 e. The van der Waals surface area contributed by atoms with Crippen molar-refractivity contribution in [3.63, 3.8) is 0 Å². The van der Waals surface area contributed by atoms with Crippen molar-refractivity contribution in [2.24, 2.45) is 0 Å². The van der Waals surface area contributed by atoms with E-state index in [1.54, 1.807) is 6.07 Å². The van der Waals surface area contributed by atoms with Crippen LogP contribution in [-0.2, 0) is 13.1 Å². The van der Waals surface area contributed by atoms with Crippen LogP contribution in [0, 0.1) is 5.82 Å². The van der Waals surface area contributed by atoms with E-state index < -0.39 is 0 Å². The Bertz CT molecular complexity index is 653. The minimum atomic E-state index is -0.248. The number of hydrogen-bond donors (Lipinski definition) is 2. The molecule has 1 heterocycles. The van der Waals surface area contributed by atoms with Crippen LogP contribution in [0.4, 0.5) is 4.39 Å². The Morgan fingerprint density at radius 3 is 2.95 bits per heavy atom. The Balaban J connectivity index is 2.26. The second-order valence-corrected chi connectivity index (χ2v) is 5.56. The third-order valence-electron chi connectivity index (χ3n) is 3.05. The summed E-state index contributed by atoms with van der Waals surface area (Å²) in [7, 11) is 0. The molecule has 0 aliphatic carbocycles. The van der Waals surface area contributed by atoms with Gasteiger partial charge in [0.15, 0.2) is 5.16 Å². The molecule has 2 rings (SSSR count). The molecule has 0 saturated heterocycles. The topological polar surface area (TPSA) is 62.7 Å². The second kappa shape index (κ2) is 7.42. The highest BCUT2D eigenvalue weighted by Gasteiger charge is 2.13. The summed E-state index contributed by atoms with van der Waals surface area (Å²) in [6.07, 6.45) is 0.992. The minimum absolute atomic E-state index is 0.246. The van der Waals surface area contributed by atoms with Gasteiger partial charge >= 0.3 is 5.69 Å². The van der Waals surface area contributed by atoms with E-state index in [0.717, 1.165) is 17.9 Å². The number of H-pyrrole nitrogens is 1. The summed E-state index contributed by atoms with van der Waals surface area (Å²) in [5.41, 5.74) is 0.358. The number of nitrogens with zero attached hydrogens (tertiary/aromatic N) is 2. The van der Waals surface area contributed by atoms with Crippen molar-refractivity contribution in [3.8, 4) is 0 Å². The van der Waals surface area contributed by atoms with Crippen LogP contribution in [0.15, 0.2) is 33.0 Å². The van der Waals surface area contributed by atoms with Crippen LogP contribution in [0.3, 0.4) is 0 Å². The van der Waals surface area contributed by atoms with Gasteiger partial charge in [0.2, 0.25) is 0 Å². The molecule has 1 aromatic heterocycles. The minimum Gasteiger partial charge on any atom is -0.313 e. The number of aromatic amines is 1. The summed E-state index contributed by atoms with van der Waals surface area (Å²) in [5, 5.41) is 10.2. The summed E-state index contributed by atoms with van der Waals surface area (Å²) >= 11 is 1.30. The van der Waals surface area contributed by atoms with Gasteiger partial charge in [0.05, 0.1) is 0 Å². The molecule has 5 nitrogen and oxygen atoms in total. The van der Waals surface area contributed by atoms with Gasteiger partial charge in [0.25, 0.3) is 0 Å². The number of nitrogens with one attached hydrogen (secondary N) is 2. The van der Waals surface area contributed by atoms with Crippen LogP contribution in [0.25, 0.3) is 0 Å². The van der Waals surface area contributed by atoms with E-state index in [-0.39, 0.29) is 11.5 Å². The Morgan fingerprint density at radius 1 is 1.43 bits per heavy atom. The Hall–Kier alpha value is -1.60. The highest BCUT2D eigenvalue weighted by atomic mass is 32.2. The zero-order valence-corrected chi connectivity index (χ0v) is 13.0. The molecule has 0 atom stereocenters. The van der Waals surface area contributed by atoms with Gasteiger partial charge < -0.3 is 5.32 Å². The molecule has 0 unspecified atom stereocenters. The number of aromatic nitrogens is 3. The maximum atomic E-state index is 14.0. The monoisotopic (exact) mass is 310 g/mol. The van der Waals surface area contributed by atoms with Crippen molar-refractivity contribution in [1.29, 1.82) is 0 Å². The quantitative estimate of drug-likeness (QED) is 0.771. The fourth-order valence-electron chi connectivity index (χ4n) is 1.95.